The number of para-hydroxylation sites is 1. The van der Waals surface area contributed by atoms with Gasteiger partial charge in [0.25, 0.3) is 0 Å². The highest BCUT2D eigenvalue weighted by Crippen LogP contribution is 2.12. The largest absolute Gasteiger partial charge is 0.314 e. The fourth-order valence-corrected chi connectivity index (χ4v) is 2.19. The van der Waals surface area contributed by atoms with Crippen LogP contribution in [0.5, 0.6) is 0 Å². The fourth-order valence-electron chi connectivity index (χ4n) is 2.19. The number of hydrogen-bond donors (Lipinski definition) is 1. The molecule has 1 aromatic rings. The quantitative estimate of drug-likeness (QED) is 0.863. The van der Waals surface area contributed by atoms with Gasteiger partial charge in [0.15, 0.2) is 0 Å². The van der Waals surface area contributed by atoms with E-state index in [2.05, 4.69) is 17.1 Å². The minimum absolute atomic E-state index is 0.148. The molecule has 0 aromatic heterocycles. The molecule has 1 amide bonds. The molecule has 0 bridgehead atoms. The molecule has 1 aliphatic rings. The summed E-state index contributed by atoms with van der Waals surface area (Å²) in [7, 11) is 1.84. The summed E-state index contributed by atoms with van der Waals surface area (Å²) in [6, 6.07) is 10.2. The molecule has 4 nitrogen and oxygen atoms in total. The van der Waals surface area contributed by atoms with Crippen LogP contribution in [0.4, 0.5) is 5.69 Å². The lowest BCUT2D eigenvalue weighted by atomic mass is 10.2. The highest BCUT2D eigenvalue weighted by Gasteiger charge is 2.22. The first-order chi connectivity index (χ1) is 8.68. The van der Waals surface area contributed by atoms with Gasteiger partial charge >= 0.3 is 0 Å². The van der Waals surface area contributed by atoms with Gasteiger partial charge in [0.1, 0.15) is 0 Å². The van der Waals surface area contributed by atoms with Crippen LogP contribution in [0.2, 0.25) is 0 Å². The number of nitrogens with one attached hydrogen (secondary N) is 1. The number of likely N-dealkylation sites (N-methyl/N-ethyl adjacent to an activating group) is 1. The van der Waals surface area contributed by atoms with Crippen LogP contribution < -0.4 is 10.2 Å². The van der Waals surface area contributed by atoms with Gasteiger partial charge in [0.05, 0.1) is 6.54 Å². The van der Waals surface area contributed by atoms with Crippen molar-refractivity contribution in [3.05, 3.63) is 30.3 Å². The second-order valence-corrected chi connectivity index (χ2v) is 4.81. The zero-order chi connectivity index (χ0) is 13.0. The number of carbonyl (C=O) groups excluding carboxylic acids is 1. The number of benzene rings is 1. The number of anilines is 1. The van der Waals surface area contributed by atoms with E-state index in [0.29, 0.717) is 12.6 Å². The second kappa shape index (κ2) is 5.98. The van der Waals surface area contributed by atoms with Crippen LogP contribution in [0, 0.1) is 0 Å². The highest BCUT2D eigenvalue weighted by atomic mass is 16.2. The summed E-state index contributed by atoms with van der Waals surface area (Å²) in [5.74, 6) is 0.148. The molecular weight excluding hydrogens is 226 g/mol. The third-order valence-corrected chi connectivity index (χ3v) is 3.49. The maximum atomic E-state index is 12.2. The van der Waals surface area contributed by atoms with E-state index >= 15 is 0 Å². The van der Waals surface area contributed by atoms with Gasteiger partial charge < -0.3 is 10.2 Å². The molecule has 1 aliphatic heterocycles. The van der Waals surface area contributed by atoms with Gasteiger partial charge in [-0.2, -0.15) is 0 Å². The molecule has 0 radical (unpaired) electrons. The van der Waals surface area contributed by atoms with Crippen LogP contribution in [0.25, 0.3) is 0 Å². The molecule has 1 atom stereocenters. The summed E-state index contributed by atoms with van der Waals surface area (Å²) in [6.45, 7) is 5.51. The van der Waals surface area contributed by atoms with Gasteiger partial charge in [-0.25, -0.2) is 0 Å². The second-order valence-electron chi connectivity index (χ2n) is 4.81. The van der Waals surface area contributed by atoms with Crippen molar-refractivity contribution in [2.24, 2.45) is 0 Å². The molecule has 4 heteroatoms. The smallest absolute Gasteiger partial charge is 0.240 e. The first-order valence-electron chi connectivity index (χ1n) is 6.45. The predicted molar refractivity (Wildman–Crippen MR) is 73.8 cm³/mol. The molecule has 18 heavy (non-hydrogen) atoms. The van der Waals surface area contributed by atoms with Crippen molar-refractivity contribution in [3.8, 4) is 0 Å². The van der Waals surface area contributed by atoms with Crippen LogP contribution in [0.3, 0.4) is 0 Å². The topological polar surface area (TPSA) is 35.6 Å². The Morgan fingerprint density at radius 2 is 2.17 bits per heavy atom. The summed E-state index contributed by atoms with van der Waals surface area (Å²) in [4.78, 5) is 16.2. The van der Waals surface area contributed by atoms with E-state index in [-0.39, 0.29) is 5.91 Å². The molecule has 1 unspecified atom stereocenters. The minimum Gasteiger partial charge on any atom is -0.314 e. The molecule has 1 fully saturated rings. The van der Waals surface area contributed by atoms with Crippen molar-refractivity contribution in [2.45, 2.75) is 13.0 Å². The van der Waals surface area contributed by atoms with Crippen molar-refractivity contribution in [2.75, 3.05) is 38.1 Å². The van der Waals surface area contributed by atoms with E-state index in [1.54, 1.807) is 4.90 Å². The fraction of sp³-hybridized carbons (Fsp3) is 0.500. The van der Waals surface area contributed by atoms with E-state index in [1.807, 2.05) is 37.4 Å². The Kier molecular flexibility index (Phi) is 4.33. The van der Waals surface area contributed by atoms with E-state index in [4.69, 9.17) is 0 Å². The van der Waals surface area contributed by atoms with Crippen LogP contribution in [-0.2, 0) is 4.79 Å². The Balaban J connectivity index is 1.95. The Hall–Kier alpha value is -1.39. The van der Waals surface area contributed by atoms with E-state index < -0.39 is 0 Å². The van der Waals surface area contributed by atoms with Gasteiger partial charge in [-0.1, -0.05) is 18.2 Å². The van der Waals surface area contributed by atoms with Gasteiger partial charge in [-0.15, -0.1) is 0 Å². The number of nitrogens with zero attached hydrogens (tertiary/aromatic N) is 2. The molecule has 1 saturated heterocycles. The van der Waals surface area contributed by atoms with Crippen molar-refractivity contribution >= 4 is 11.6 Å². The molecule has 0 aliphatic carbocycles. The molecule has 1 aromatic carbocycles. The van der Waals surface area contributed by atoms with Crippen molar-refractivity contribution < 1.29 is 4.79 Å². The van der Waals surface area contributed by atoms with Gasteiger partial charge in [0, 0.05) is 38.4 Å². The third-order valence-electron chi connectivity index (χ3n) is 3.49. The van der Waals surface area contributed by atoms with E-state index in [1.165, 1.54) is 0 Å². The Labute approximate surface area is 109 Å². The SMILES string of the molecule is CC1CNCCN1CC(=O)N(C)c1ccccc1. The van der Waals surface area contributed by atoms with E-state index in [9.17, 15) is 4.79 Å². The predicted octanol–water partition coefficient (Wildman–Crippen LogP) is 0.943. The van der Waals surface area contributed by atoms with Gasteiger partial charge in [0.2, 0.25) is 5.91 Å². The molecule has 98 valence electrons. The Morgan fingerprint density at radius 3 is 2.83 bits per heavy atom. The number of hydrogen-bond acceptors (Lipinski definition) is 3. The average molecular weight is 247 g/mol. The first kappa shape index (κ1) is 13.1. The maximum absolute atomic E-state index is 12.2. The van der Waals surface area contributed by atoms with Crippen LogP contribution in [0.15, 0.2) is 30.3 Å². The minimum atomic E-state index is 0.148. The third kappa shape index (κ3) is 3.09. The molecule has 2 rings (SSSR count). The zero-order valence-corrected chi connectivity index (χ0v) is 11.1. The summed E-state index contributed by atoms with van der Waals surface area (Å²) >= 11 is 0. The van der Waals surface area contributed by atoms with Crippen LogP contribution in [-0.4, -0.2) is 50.1 Å². The molecule has 1 N–H and O–H groups in total. The number of carbonyl (C=O) groups is 1. The molecule has 0 spiro atoms. The summed E-state index contributed by atoms with van der Waals surface area (Å²) in [5, 5.41) is 3.33. The van der Waals surface area contributed by atoms with Crippen LogP contribution >= 0.6 is 0 Å². The van der Waals surface area contributed by atoms with Gasteiger partial charge in [-0.3, -0.25) is 9.69 Å². The summed E-state index contributed by atoms with van der Waals surface area (Å²) < 4.78 is 0. The van der Waals surface area contributed by atoms with Gasteiger partial charge in [-0.05, 0) is 19.1 Å². The van der Waals surface area contributed by atoms with Crippen molar-refractivity contribution in [1.82, 2.24) is 10.2 Å². The molecular formula is C14H21N3O. The summed E-state index contributed by atoms with van der Waals surface area (Å²) in [5.41, 5.74) is 0.949. The first-order valence-corrected chi connectivity index (χ1v) is 6.45. The molecule has 0 saturated carbocycles. The molecule has 1 heterocycles. The lowest BCUT2D eigenvalue weighted by molar-refractivity contribution is -0.120. The lowest BCUT2D eigenvalue weighted by Gasteiger charge is -2.34. The number of piperazine rings is 1. The normalized spacial score (nSPS) is 20.7. The Morgan fingerprint density at radius 1 is 1.44 bits per heavy atom. The zero-order valence-electron chi connectivity index (χ0n) is 11.1. The number of amides is 1. The van der Waals surface area contributed by atoms with Crippen molar-refractivity contribution in [3.63, 3.8) is 0 Å². The highest BCUT2D eigenvalue weighted by molar-refractivity contribution is 5.94. The average Bonchev–Trinajstić information content (AvgIpc) is 2.41. The number of rotatable bonds is 3. The maximum Gasteiger partial charge on any atom is 0.240 e. The monoisotopic (exact) mass is 247 g/mol. The summed E-state index contributed by atoms with van der Waals surface area (Å²) in [6.07, 6.45) is 0. The standard InChI is InChI=1S/C14H21N3O/c1-12-10-15-8-9-17(12)11-14(18)16(2)13-6-4-3-5-7-13/h3-7,12,15H,8-11H2,1-2H3. The van der Waals surface area contributed by atoms with Crippen LogP contribution in [0.1, 0.15) is 6.92 Å². The van der Waals surface area contributed by atoms with Crippen molar-refractivity contribution in [1.29, 1.82) is 0 Å². The van der Waals surface area contributed by atoms with E-state index in [0.717, 1.165) is 25.3 Å². The Bertz CT molecular complexity index is 393. The lowest BCUT2D eigenvalue weighted by Crippen LogP contribution is -2.52.